The van der Waals surface area contributed by atoms with Crippen LogP contribution in [-0.4, -0.2) is 42.7 Å². The van der Waals surface area contributed by atoms with Gasteiger partial charge in [-0.3, -0.25) is 4.79 Å². The lowest BCUT2D eigenvalue weighted by atomic mass is 10.1. The van der Waals surface area contributed by atoms with E-state index in [-0.39, 0.29) is 18.0 Å². The van der Waals surface area contributed by atoms with Crippen LogP contribution < -0.4 is 19.5 Å². The molecule has 0 aliphatic heterocycles. The molecule has 1 unspecified atom stereocenters. The van der Waals surface area contributed by atoms with Crippen LogP contribution in [0.2, 0.25) is 0 Å². The molecule has 2 aromatic rings. The number of rotatable bonds is 8. The summed E-state index contributed by atoms with van der Waals surface area (Å²) < 4.78 is 16.0. The van der Waals surface area contributed by atoms with E-state index in [4.69, 9.17) is 14.2 Å². The van der Waals surface area contributed by atoms with Gasteiger partial charge < -0.3 is 19.5 Å². The highest BCUT2D eigenvalue weighted by Gasteiger charge is 2.10. The van der Waals surface area contributed by atoms with E-state index in [2.05, 4.69) is 15.3 Å². The van der Waals surface area contributed by atoms with Gasteiger partial charge >= 0.3 is 6.01 Å². The molecule has 7 nitrogen and oxygen atoms in total. The summed E-state index contributed by atoms with van der Waals surface area (Å²) in [5.74, 6) is 0.942. The molecule has 2 rings (SSSR count). The minimum atomic E-state index is -0.245. The highest BCUT2D eigenvalue weighted by molar-refractivity contribution is 5.92. The maximum atomic E-state index is 12.1. The van der Waals surface area contributed by atoms with Gasteiger partial charge in [0.25, 0.3) is 0 Å². The van der Waals surface area contributed by atoms with E-state index in [0.717, 1.165) is 16.9 Å². The molecule has 1 aromatic heterocycles. The highest BCUT2D eigenvalue weighted by atomic mass is 16.5. The number of para-hydroxylation sites is 1. The molecule has 0 fully saturated rings. The van der Waals surface area contributed by atoms with Crippen LogP contribution in [0.5, 0.6) is 17.6 Å². The first-order valence-electron chi connectivity index (χ1n) is 8.57. The number of methoxy groups -OCH3 is 2. The zero-order chi connectivity index (χ0) is 19.8. The van der Waals surface area contributed by atoms with Crippen LogP contribution in [0.4, 0.5) is 0 Å². The molecule has 0 spiro atoms. The van der Waals surface area contributed by atoms with Crippen LogP contribution in [0, 0.1) is 13.8 Å². The van der Waals surface area contributed by atoms with E-state index in [1.807, 2.05) is 39.0 Å². The Morgan fingerprint density at radius 2 is 1.93 bits per heavy atom. The second-order valence-electron chi connectivity index (χ2n) is 6.10. The fourth-order valence-corrected chi connectivity index (χ4v) is 2.47. The van der Waals surface area contributed by atoms with Gasteiger partial charge in [-0.1, -0.05) is 18.2 Å². The van der Waals surface area contributed by atoms with Crippen molar-refractivity contribution in [2.45, 2.75) is 26.8 Å². The lowest BCUT2D eigenvalue weighted by Gasteiger charge is -2.16. The van der Waals surface area contributed by atoms with Gasteiger partial charge in [0, 0.05) is 12.3 Å². The molecule has 0 aliphatic rings. The second kappa shape index (κ2) is 9.56. The van der Waals surface area contributed by atoms with Crippen molar-refractivity contribution in [2.75, 3.05) is 20.8 Å². The molecule has 7 heteroatoms. The van der Waals surface area contributed by atoms with Gasteiger partial charge in [-0.2, -0.15) is 4.98 Å². The van der Waals surface area contributed by atoms with E-state index >= 15 is 0 Å². The predicted molar refractivity (Wildman–Crippen MR) is 103 cm³/mol. The van der Waals surface area contributed by atoms with E-state index < -0.39 is 0 Å². The van der Waals surface area contributed by atoms with Crippen LogP contribution in [0.15, 0.2) is 30.5 Å². The lowest BCUT2D eigenvalue weighted by molar-refractivity contribution is -0.117. The van der Waals surface area contributed by atoms with Crippen LogP contribution in [0.25, 0.3) is 6.08 Å². The number of aromatic nitrogens is 2. The smallest absolute Gasteiger partial charge is 0.319 e. The SMILES string of the molecule is COc1ncc(/C=C/C(=O)NC(C)COc2c(C)cccc2C)c(OC)n1. The van der Waals surface area contributed by atoms with Crippen molar-refractivity contribution in [3.05, 3.63) is 47.2 Å². The fourth-order valence-electron chi connectivity index (χ4n) is 2.47. The molecule has 0 radical (unpaired) electrons. The van der Waals surface area contributed by atoms with Crippen LogP contribution >= 0.6 is 0 Å². The van der Waals surface area contributed by atoms with Crippen molar-refractivity contribution >= 4 is 12.0 Å². The normalized spacial score (nSPS) is 11.9. The van der Waals surface area contributed by atoms with Crippen molar-refractivity contribution in [1.29, 1.82) is 0 Å². The molecule has 0 bridgehead atoms. The summed E-state index contributed by atoms with van der Waals surface area (Å²) in [6, 6.07) is 6.03. The summed E-state index contributed by atoms with van der Waals surface area (Å²) in [7, 11) is 2.96. The number of amides is 1. The molecule has 1 heterocycles. The number of aryl methyl sites for hydroxylation is 2. The molecule has 1 amide bonds. The Morgan fingerprint density at radius 3 is 2.56 bits per heavy atom. The first-order chi connectivity index (χ1) is 12.9. The third kappa shape index (κ3) is 5.70. The first kappa shape index (κ1) is 20.2. The summed E-state index contributed by atoms with van der Waals surface area (Å²) >= 11 is 0. The molecule has 1 aromatic carbocycles. The van der Waals surface area contributed by atoms with E-state index in [9.17, 15) is 4.79 Å². The van der Waals surface area contributed by atoms with Gasteiger partial charge in [0.15, 0.2) is 0 Å². The van der Waals surface area contributed by atoms with E-state index in [1.54, 1.807) is 6.08 Å². The van der Waals surface area contributed by atoms with Gasteiger partial charge in [0.05, 0.1) is 25.8 Å². The molecule has 27 heavy (non-hydrogen) atoms. The Labute approximate surface area is 159 Å². The molecule has 1 N–H and O–H groups in total. The number of hydrogen-bond donors (Lipinski definition) is 1. The monoisotopic (exact) mass is 371 g/mol. The molecule has 0 aliphatic carbocycles. The quantitative estimate of drug-likeness (QED) is 0.719. The van der Waals surface area contributed by atoms with E-state index in [0.29, 0.717) is 18.1 Å². The minimum Gasteiger partial charge on any atom is -0.491 e. The topological polar surface area (TPSA) is 82.6 Å². The van der Waals surface area contributed by atoms with Crippen molar-refractivity contribution in [3.8, 4) is 17.6 Å². The summed E-state index contributed by atoms with van der Waals surface area (Å²) in [6.07, 6.45) is 4.53. The zero-order valence-corrected chi connectivity index (χ0v) is 16.3. The number of carbonyl (C=O) groups excluding carboxylic acids is 1. The molecular formula is C20H25N3O4. The van der Waals surface area contributed by atoms with Crippen molar-refractivity contribution < 1.29 is 19.0 Å². The molecule has 0 saturated carbocycles. The number of nitrogens with one attached hydrogen (secondary N) is 1. The van der Waals surface area contributed by atoms with Gasteiger partial charge in [0.1, 0.15) is 12.4 Å². The van der Waals surface area contributed by atoms with Crippen molar-refractivity contribution in [3.63, 3.8) is 0 Å². The second-order valence-corrected chi connectivity index (χ2v) is 6.10. The summed E-state index contributed by atoms with van der Waals surface area (Å²) in [4.78, 5) is 20.2. The summed E-state index contributed by atoms with van der Waals surface area (Å²) in [6.45, 7) is 6.26. The predicted octanol–water partition coefficient (Wildman–Crippen LogP) is 2.71. The van der Waals surface area contributed by atoms with Crippen molar-refractivity contribution in [2.24, 2.45) is 0 Å². The maximum Gasteiger partial charge on any atom is 0.319 e. The number of nitrogens with zero attached hydrogens (tertiary/aromatic N) is 2. The van der Waals surface area contributed by atoms with Gasteiger partial charge in [-0.15, -0.1) is 0 Å². The third-order valence-electron chi connectivity index (χ3n) is 3.82. The Balaban J connectivity index is 1.92. The van der Waals surface area contributed by atoms with Crippen LogP contribution in [0.1, 0.15) is 23.6 Å². The van der Waals surface area contributed by atoms with Crippen LogP contribution in [0.3, 0.4) is 0 Å². The molecule has 0 saturated heterocycles. The Kier molecular flexibility index (Phi) is 7.16. The Hall–Kier alpha value is -3.09. The molecule has 144 valence electrons. The zero-order valence-electron chi connectivity index (χ0n) is 16.3. The molecule has 1 atom stereocenters. The Morgan fingerprint density at radius 1 is 1.22 bits per heavy atom. The van der Waals surface area contributed by atoms with E-state index in [1.165, 1.54) is 26.5 Å². The number of hydrogen-bond acceptors (Lipinski definition) is 6. The average molecular weight is 371 g/mol. The Bertz CT molecular complexity index is 801. The standard InChI is InChI=1S/C20H25N3O4/c1-13-7-6-8-14(2)18(13)27-12-15(3)22-17(24)10-9-16-11-21-20(26-5)23-19(16)25-4/h6-11,15H,12H2,1-5H3,(H,22,24)/b10-9+. The number of ether oxygens (including phenoxy) is 3. The number of benzene rings is 1. The summed E-state index contributed by atoms with van der Waals surface area (Å²) in [5, 5.41) is 2.86. The lowest BCUT2D eigenvalue weighted by Crippen LogP contribution is -2.35. The van der Waals surface area contributed by atoms with Crippen molar-refractivity contribution in [1.82, 2.24) is 15.3 Å². The highest BCUT2D eigenvalue weighted by Crippen LogP contribution is 2.22. The number of carbonyl (C=O) groups is 1. The largest absolute Gasteiger partial charge is 0.491 e. The maximum absolute atomic E-state index is 12.1. The first-order valence-corrected chi connectivity index (χ1v) is 8.57. The van der Waals surface area contributed by atoms with Gasteiger partial charge in [-0.25, -0.2) is 4.98 Å². The molecular weight excluding hydrogens is 346 g/mol. The fraction of sp³-hybridized carbons (Fsp3) is 0.350. The van der Waals surface area contributed by atoms with Gasteiger partial charge in [0.2, 0.25) is 11.8 Å². The minimum absolute atomic E-state index is 0.157. The third-order valence-corrected chi connectivity index (χ3v) is 3.82. The summed E-state index contributed by atoms with van der Waals surface area (Å²) in [5.41, 5.74) is 2.72. The van der Waals surface area contributed by atoms with Gasteiger partial charge in [-0.05, 0) is 38.0 Å². The van der Waals surface area contributed by atoms with Crippen LogP contribution in [-0.2, 0) is 4.79 Å². The average Bonchev–Trinajstić information content (AvgIpc) is 2.65.